The number of aromatic nitrogens is 2. The summed E-state index contributed by atoms with van der Waals surface area (Å²) < 4.78 is 23.0. The van der Waals surface area contributed by atoms with Crippen LogP contribution in [0, 0.1) is 5.82 Å². The molecule has 1 aromatic heterocycles. The molecule has 41 heavy (non-hydrogen) atoms. The molecular formula is C33H25Cl2FN2O3. The quantitative estimate of drug-likeness (QED) is 0.187. The Hall–Kier alpha value is -4.39. The summed E-state index contributed by atoms with van der Waals surface area (Å²) in [7, 11) is 0. The highest BCUT2D eigenvalue weighted by atomic mass is 35.5. The Kier molecular flexibility index (Phi) is 8.53. The first-order valence-electron chi connectivity index (χ1n) is 12.9. The molecule has 0 bridgehead atoms. The number of hydrogen-bond acceptors (Lipinski definition) is 3. The van der Waals surface area contributed by atoms with Crippen molar-refractivity contribution in [3.63, 3.8) is 0 Å². The lowest BCUT2D eigenvalue weighted by Gasteiger charge is -2.09. The van der Waals surface area contributed by atoms with Gasteiger partial charge in [-0.25, -0.2) is 14.2 Å². The lowest BCUT2D eigenvalue weighted by molar-refractivity contribution is 0.0697. The fourth-order valence-corrected chi connectivity index (χ4v) is 4.83. The second-order valence-corrected chi connectivity index (χ2v) is 10.1. The van der Waals surface area contributed by atoms with Crippen LogP contribution in [0.15, 0.2) is 91.1 Å². The van der Waals surface area contributed by atoms with E-state index >= 15 is 4.39 Å². The molecule has 8 heteroatoms. The molecule has 206 valence electrons. The normalized spacial score (nSPS) is 11.2. The minimum Gasteiger partial charge on any atom is -0.489 e. The Labute approximate surface area is 247 Å². The van der Waals surface area contributed by atoms with Gasteiger partial charge < -0.3 is 14.4 Å². The van der Waals surface area contributed by atoms with Gasteiger partial charge in [-0.3, -0.25) is 0 Å². The highest BCUT2D eigenvalue weighted by Gasteiger charge is 2.11. The third-order valence-electron chi connectivity index (χ3n) is 6.54. The average Bonchev–Trinajstić information content (AvgIpc) is 3.38. The zero-order chi connectivity index (χ0) is 28.9. The van der Waals surface area contributed by atoms with Gasteiger partial charge in [0.15, 0.2) is 0 Å². The van der Waals surface area contributed by atoms with Crippen molar-refractivity contribution in [2.24, 2.45) is 0 Å². The summed E-state index contributed by atoms with van der Waals surface area (Å²) in [5.74, 6) is -0.0319. The molecule has 0 aliphatic carbocycles. The topological polar surface area (TPSA) is 64.4 Å². The summed E-state index contributed by atoms with van der Waals surface area (Å²) in [6, 6.07) is 24.3. The Morgan fingerprint density at radius 1 is 0.976 bits per heavy atom. The number of hydrogen-bond donors (Lipinski definition) is 1. The van der Waals surface area contributed by atoms with Gasteiger partial charge in [-0.05, 0) is 84.3 Å². The zero-order valence-corrected chi connectivity index (χ0v) is 23.5. The monoisotopic (exact) mass is 586 g/mol. The van der Waals surface area contributed by atoms with Gasteiger partial charge in [0.05, 0.1) is 16.3 Å². The summed E-state index contributed by atoms with van der Waals surface area (Å²) in [4.78, 5) is 15.7. The number of halogens is 3. The molecule has 0 saturated heterocycles. The number of benzene rings is 4. The molecule has 1 N–H and O–H groups in total. The predicted molar refractivity (Wildman–Crippen MR) is 162 cm³/mol. The van der Waals surface area contributed by atoms with E-state index in [-0.39, 0.29) is 18.0 Å². The molecule has 5 aromatic rings. The van der Waals surface area contributed by atoms with Crippen LogP contribution in [0.25, 0.3) is 34.5 Å². The smallest absolute Gasteiger partial charge is 0.335 e. The van der Waals surface area contributed by atoms with E-state index < -0.39 is 5.97 Å². The van der Waals surface area contributed by atoms with Crippen molar-refractivity contribution >= 4 is 41.3 Å². The fourth-order valence-electron chi connectivity index (χ4n) is 4.33. The third-order valence-corrected chi connectivity index (χ3v) is 7.09. The molecule has 0 radical (unpaired) electrons. The molecule has 0 aliphatic heterocycles. The van der Waals surface area contributed by atoms with Crippen LogP contribution in [0.4, 0.5) is 4.39 Å². The maximum Gasteiger partial charge on any atom is 0.335 e. The molecule has 1 heterocycles. The van der Waals surface area contributed by atoms with Gasteiger partial charge in [0.1, 0.15) is 24.0 Å². The van der Waals surface area contributed by atoms with Crippen LogP contribution in [0.5, 0.6) is 5.75 Å². The molecule has 0 saturated carbocycles. The number of carboxylic acids is 1. The number of aromatic carboxylic acids is 1. The molecule has 0 atom stereocenters. The minimum atomic E-state index is -0.972. The van der Waals surface area contributed by atoms with Gasteiger partial charge in [-0.2, -0.15) is 0 Å². The Morgan fingerprint density at radius 3 is 2.46 bits per heavy atom. The maximum atomic E-state index is 15.2. The number of aryl methyl sites for hydroxylation is 1. The number of rotatable bonds is 9. The van der Waals surface area contributed by atoms with Crippen molar-refractivity contribution in [3.8, 4) is 28.1 Å². The van der Waals surface area contributed by atoms with Crippen LogP contribution in [0.2, 0.25) is 10.0 Å². The van der Waals surface area contributed by atoms with Crippen LogP contribution in [0.3, 0.4) is 0 Å². The van der Waals surface area contributed by atoms with Crippen LogP contribution in [-0.2, 0) is 13.2 Å². The second-order valence-electron chi connectivity index (χ2n) is 9.28. The zero-order valence-electron chi connectivity index (χ0n) is 22.0. The van der Waals surface area contributed by atoms with Gasteiger partial charge in [-0.1, -0.05) is 59.6 Å². The Balaban J connectivity index is 1.31. The molecule has 0 spiro atoms. The molecule has 5 rings (SSSR count). The Bertz CT molecular complexity index is 1750. The molecule has 0 unspecified atom stereocenters. The predicted octanol–water partition coefficient (Wildman–Crippen LogP) is 9.13. The largest absolute Gasteiger partial charge is 0.489 e. The lowest BCUT2D eigenvalue weighted by Crippen LogP contribution is -1.99. The third kappa shape index (κ3) is 6.68. The van der Waals surface area contributed by atoms with E-state index in [2.05, 4.69) is 0 Å². The molecular weight excluding hydrogens is 562 g/mol. The van der Waals surface area contributed by atoms with Crippen LogP contribution in [0.1, 0.15) is 34.2 Å². The second kappa shape index (κ2) is 12.4. The summed E-state index contributed by atoms with van der Waals surface area (Å²) in [6.45, 7) is 2.97. The van der Waals surface area contributed by atoms with E-state index in [1.165, 1.54) is 6.07 Å². The number of nitrogens with zero attached hydrogens (tertiary/aromatic N) is 2. The maximum absolute atomic E-state index is 15.2. The highest BCUT2D eigenvalue weighted by molar-refractivity contribution is 6.36. The first kappa shape index (κ1) is 28.1. The van der Waals surface area contributed by atoms with Crippen molar-refractivity contribution in [1.82, 2.24) is 9.55 Å². The summed E-state index contributed by atoms with van der Waals surface area (Å²) in [6.07, 6.45) is 5.40. The van der Waals surface area contributed by atoms with Crippen LogP contribution >= 0.6 is 23.2 Å². The van der Waals surface area contributed by atoms with Gasteiger partial charge in [-0.15, -0.1) is 0 Å². The summed E-state index contributed by atoms with van der Waals surface area (Å²) >= 11 is 12.4. The van der Waals surface area contributed by atoms with E-state index in [4.69, 9.17) is 38.0 Å². The first-order chi connectivity index (χ1) is 19.8. The molecule has 4 aromatic carbocycles. The van der Waals surface area contributed by atoms with Crippen molar-refractivity contribution < 1.29 is 19.0 Å². The SMILES string of the molecule is CCn1cc(-c2ccc(Cl)cc2Cl)nc1C=Cc1ccc(-c2cccc(OCc3ccc(C(=O)O)cc3)c2)cc1F. The van der Waals surface area contributed by atoms with E-state index in [0.29, 0.717) is 45.0 Å². The van der Waals surface area contributed by atoms with Crippen LogP contribution in [-0.4, -0.2) is 20.6 Å². The minimum absolute atomic E-state index is 0.222. The molecule has 0 aliphatic rings. The average molecular weight is 587 g/mol. The van der Waals surface area contributed by atoms with Crippen molar-refractivity contribution in [1.29, 1.82) is 0 Å². The van der Waals surface area contributed by atoms with E-state index in [9.17, 15) is 4.79 Å². The fraction of sp³-hybridized carbons (Fsp3) is 0.0909. The highest BCUT2D eigenvalue weighted by Crippen LogP contribution is 2.31. The van der Waals surface area contributed by atoms with Gasteiger partial charge in [0, 0.05) is 28.9 Å². The number of carbonyl (C=O) groups is 1. The van der Waals surface area contributed by atoms with Gasteiger partial charge in [0.2, 0.25) is 0 Å². The first-order valence-corrected chi connectivity index (χ1v) is 13.6. The van der Waals surface area contributed by atoms with E-state index in [1.54, 1.807) is 54.6 Å². The molecule has 0 amide bonds. The molecule has 0 fully saturated rings. The van der Waals surface area contributed by atoms with E-state index in [1.807, 2.05) is 54.1 Å². The molecule has 5 nitrogen and oxygen atoms in total. The number of ether oxygens (including phenoxy) is 1. The summed E-state index contributed by atoms with van der Waals surface area (Å²) in [5.41, 5.74) is 4.51. The van der Waals surface area contributed by atoms with Crippen LogP contribution < -0.4 is 4.74 Å². The summed E-state index contributed by atoms with van der Waals surface area (Å²) in [5, 5.41) is 10.1. The van der Waals surface area contributed by atoms with E-state index in [0.717, 1.165) is 16.7 Å². The standard InChI is InChI=1S/C33H25Cl2FN2O3/c1-2-38-19-31(28-14-13-26(34)18-29(28)35)37-32(38)15-12-22-10-11-25(17-30(22)36)24-4-3-5-27(16-24)41-20-21-6-8-23(9-7-21)33(39)40/h3-19H,2,20H2,1H3,(H,39,40). The van der Waals surface area contributed by atoms with Crippen molar-refractivity contribution in [3.05, 3.63) is 130 Å². The van der Waals surface area contributed by atoms with Gasteiger partial charge in [0.25, 0.3) is 0 Å². The number of carboxylic acid groups (broad SMARTS) is 1. The van der Waals surface area contributed by atoms with Crippen molar-refractivity contribution in [2.75, 3.05) is 0 Å². The Morgan fingerprint density at radius 2 is 1.76 bits per heavy atom. The van der Waals surface area contributed by atoms with Gasteiger partial charge >= 0.3 is 5.97 Å². The number of imidazole rings is 1. The van der Waals surface area contributed by atoms with Crippen molar-refractivity contribution in [2.45, 2.75) is 20.1 Å². The lowest BCUT2D eigenvalue weighted by atomic mass is 10.0.